The summed E-state index contributed by atoms with van der Waals surface area (Å²) in [5.41, 5.74) is 2.49. The standard InChI is InChI=1S/C17H21NOS/c1-13(14-8-10-16(20-3)11-9-14)18-12-15-6-4-5-7-17(15)19-2/h4-11,13,18H,12H2,1-3H3. The van der Waals surface area contributed by atoms with Crippen LogP contribution >= 0.6 is 11.8 Å². The van der Waals surface area contributed by atoms with Crippen LogP contribution in [0.25, 0.3) is 0 Å². The van der Waals surface area contributed by atoms with Crippen molar-refractivity contribution in [1.29, 1.82) is 0 Å². The van der Waals surface area contributed by atoms with Crippen molar-refractivity contribution in [1.82, 2.24) is 5.32 Å². The predicted molar refractivity (Wildman–Crippen MR) is 86.5 cm³/mol. The molecule has 1 atom stereocenters. The van der Waals surface area contributed by atoms with Gasteiger partial charge in [-0.05, 0) is 36.9 Å². The van der Waals surface area contributed by atoms with Crippen LogP contribution < -0.4 is 10.1 Å². The van der Waals surface area contributed by atoms with Crippen LogP contribution in [0, 0.1) is 0 Å². The molecule has 1 unspecified atom stereocenters. The quantitative estimate of drug-likeness (QED) is 0.802. The van der Waals surface area contributed by atoms with E-state index >= 15 is 0 Å². The first-order valence-electron chi connectivity index (χ1n) is 6.74. The molecule has 106 valence electrons. The fourth-order valence-electron chi connectivity index (χ4n) is 2.12. The summed E-state index contributed by atoms with van der Waals surface area (Å²) in [5, 5.41) is 3.54. The average molecular weight is 287 g/mol. The number of ether oxygens (including phenoxy) is 1. The zero-order valence-corrected chi connectivity index (χ0v) is 13.0. The van der Waals surface area contributed by atoms with Gasteiger partial charge in [-0.3, -0.25) is 0 Å². The van der Waals surface area contributed by atoms with Crippen LogP contribution in [0.4, 0.5) is 0 Å². The highest BCUT2D eigenvalue weighted by molar-refractivity contribution is 7.98. The minimum Gasteiger partial charge on any atom is -0.496 e. The molecule has 1 N–H and O–H groups in total. The molecule has 2 rings (SSSR count). The Hall–Kier alpha value is -1.45. The van der Waals surface area contributed by atoms with E-state index in [1.807, 2.05) is 18.2 Å². The smallest absolute Gasteiger partial charge is 0.123 e. The van der Waals surface area contributed by atoms with E-state index in [1.54, 1.807) is 18.9 Å². The van der Waals surface area contributed by atoms with Crippen molar-refractivity contribution < 1.29 is 4.74 Å². The van der Waals surface area contributed by atoms with Crippen molar-refractivity contribution in [3.63, 3.8) is 0 Å². The molecule has 0 bridgehead atoms. The molecule has 0 aliphatic carbocycles. The summed E-state index contributed by atoms with van der Waals surface area (Å²) >= 11 is 1.77. The molecule has 3 heteroatoms. The van der Waals surface area contributed by atoms with Crippen LogP contribution in [0.15, 0.2) is 53.4 Å². The molecule has 0 spiro atoms. The number of hydrogen-bond acceptors (Lipinski definition) is 3. The Morgan fingerprint density at radius 1 is 1.10 bits per heavy atom. The van der Waals surface area contributed by atoms with E-state index in [1.165, 1.54) is 16.0 Å². The molecule has 0 saturated heterocycles. The average Bonchev–Trinajstić information content (AvgIpc) is 2.53. The highest BCUT2D eigenvalue weighted by atomic mass is 32.2. The Morgan fingerprint density at radius 3 is 2.45 bits per heavy atom. The Bertz CT molecular complexity index is 539. The lowest BCUT2D eigenvalue weighted by Crippen LogP contribution is -2.18. The van der Waals surface area contributed by atoms with Crippen LogP contribution in [0.2, 0.25) is 0 Å². The summed E-state index contributed by atoms with van der Waals surface area (Å²) in [6, 6.07) is 17.1. The molecule has 20 heavy (non-hydrogen) atoms. The van der Waals surface area contributed by atoms with E-state index in [4.69, 9.17) is 4.74 Å². The first kappa shape index (κ1) is 14.9. The second-order valence-electron chi connectivity index (χ2n) is 4.69. The topological polar surface area (TPSA) is 21.3 Å². The van der Waals surface area contributed by atoms with Crippen molar-refractivity contribution in [3.05, 3.63) is 59.7 Å². The van der Waals surface area contributed by atoms with Gasteiger partial charge in [0.1, 0.15) is 5.75 Å². The Balaban J connectivity index is 1.98. The second-order valence-corrected chi connectivity index (χ2v) is 5.57. The molecule has 0 radical (unpaired) electrons. The van der Waals surface area contributed by atoms with Gasteiger partial charge in [-0.25, -0.2) is 0 Å². The van der Waals surface area contributed by atoms with Crippen molar-refractivity contribution in [2.24, 2.45) is 0 Å². The van der Waals surface area contributed by atoms with Gasteiger partial charge < -0.3 is 10.1 Å². The van der Waals surface area contributed by atoms with Gasteiger partial charge >= 0.3 is 0 Å². The lowest BCUT2D eigenvalue weighted by atomic mass is 10.1. The molecule has 0 aromatic heterocycles. The fraction of sp³-hybridized carbons (Fsp3) is 0.294. The third kappa shape index (κ3) is 3.78. The summed E-state index contributed by atoms with van der Waals surface area (Å²) in [6.45, 7) is 2.99. The normalized spacial score (nSPS) is 12.2. The van der Waals surface area contributed by atoms with E-state index in [9.17, 15) is 0 Å². The van der Waals surface area contributed by atoms with E-state index in [0.717, 1.165) is 12.3 Å². The van der Waals surface area contributed by atoms with Crippen LogP contribution in [0.1, 0.15) is 24.1 Å². The molecule has 2 aromatic rings. The number of nitrogens with one attached hydrogen (secondary N) is 1. The third-order valence-electron chi connectivity index (χ3n) is 3.41. The van der Waals surface area contributed by atoms with Crippen molar-refractivity contribution in [3.8, 4) is 5.75 Å². The minimum absolute atomic E-state index is 0.316. The van der Waals surface area contributed by atoms with E-state index < -0.39 is 0 Å². The highest BCUT2D eigenvalue weighted by Crippen LogP contribution is 2.21. The third-order valence-corrected chi connectivity index (χ3v) is 4.15. The van der Waals surface area contributed by atoms with Crippen LogP contribution in [-0.2, 0) is 6.54 Å². The van der Waals surface area contributed by atoms with Crippen molar-refractivity contribution >= 4 is 11.8 Å². The van der Waals surface area contributed by atoms with Gasteiger partial charge in [0.15, 0.2) is 0 Å². The van der Waals surface area contributed by atoms with Gasteiger partial charge in [-0.2, -0.15) is 0 Å². The van der Waals surface area contributed by atoms with Gasteiger partial charge in [0.2, 0.25) is 0 Å². The van der Waals surface area contributed by atoms with Crippen LogP contribution in [0.3, 0.4) is 0 Å². The maximum absolute atomic E-state index is 5.37. The molecule has 0 amide bonds. The SMILES string of the molecule is COc1ccccc1CNC(C)c1ccc(SC)cc1. The molecule has 0 aliphatic heterocycles. The summed E-state index contributed by atoms with van der Waals surface area (Å²) in [4.78, 5) is 1.30. The number of rotatable bonds is 6. The maximum Gasteiger partial charge on any atom is 0.123 e. The number of benzene rings is 2. The Kier molecular flexibility index (Phi) is 5.50. The molecule has 0 aliphatic rings. The summed E-state index contributed by atoms with van der Waals surface area (Å²) in [7, 11) is 1.71. The molecule has 0 fully saturated rings. The maximum atomic E-state index is 5.37. The molecular formula is C17H21NOS. The molecule has 2 aromatic carbocycles. The van der Waals surface area contributed by atoms with Gasteiger partial charge in [0.05, 0.1) is 7.11 Å². The zero-order valence-electron chi connectivity index (χ0n) is 12.2. The largest absolute Gasteiger partial charge is 0.496 e. The molecule has 0 saturated carbocycles. The monoisotopic (exact) mass is 287 g/mol. The number of hydrogen-bond donors (Lipinski definition) is 1. The lowest BCUT2D eigenvalue weighted by molar-refractivity contribution is 0.406. The fourth-order valence-corrected chi connectivity index (χ4v) is 2.53. The summed E-state index contributed by atoms with van der Waals surface area (Å²) in [5.74, 6) is 0.935. The zero-order chi connectivity index (χ0) is 14.4. The first-order valence-corrected chi connectivity index (χ1v) is 7.96. The number of thioether (sulfide) groups is 1. The lowest BCUT2D eigenvalue weighted by Gasteiger charge is -2.16. The van der Waals surface area contributed by atoms with E-state index in [2.05, 4.69) is 48.8 Å². The van der Waals surface area contributed by atoms with Crippen molar-refractivity contribution in [2.75, 3.05) is 13.4 Å². The predicted octanol–water partition coefficient (Wildman–Crippen LogP) is 4.27. The molecule has 2 nitrogen and oxygen atoms in total. The van der Waals surface area contributed by atoms with E-state index in [-0.39, 0.29) is 0 Å². The second kappa shape index (κ2) is 7.36. The van der Waals surface area contributed by atoms with Gasteiger partial charge in [-0.15, -0.1) is 11.8 Å². The van der Waals surface area contributed by atoms with Gasteiger partial charge in [-0.1, -0.05) is 30.3 Å². The van der Waals surface area contributed by atoms with Gasteiger partial charge in [0, 0.05) is 23.0 Å². The Morgan fingerprint density at radius 2 is 1.80 bits per heavy atom. The number of para-hydroxylation sites is 1. The molecular weight excluding hydrogens is 266 g/mol. The Labute approximate surface area is 125 Å². The first-order chi connectivity index (χ1) is 9.74. The van der Waals surface area contributed by atoms with Crippen molar-refractivity contribution in [2.45, 2.75) is 24.4 Å². The summed E-state index contributed by atoms with van der Waals surface area (Å²) in [6.07, 6.45) is 2.10. The number of methoxy groups -OCH3 is 1. The molecule has 0 heterocycles. The van der Waals surface area contributed by atoms with Gasteiger partial charge in [0.25, 0.3) is 0 Å². The minimum atomic E-state index is 0.316. The van der Waals surface area contributed by atoms with E-state index in [0.29, 0.717) is 6.04 Å². The van der Waals surface area contributed by atoms with Crippen LogP contribution in [0.5, 0.6) is 5.75 Å². The van der Waals surface area contributed by atoms with Crippen LogP contribution in [-0.4, -0.2) is 13.4 Å². The summed E-state index contributed by atoms with van der Waals surface area (Å²) < 4.78 is 5.37. The highest BCUT2D eigenvalue weighted by Gasteiger charge is 2.07.